The second-order valence-corrected chi connectivity index (χ2v) is 19.9. The molecule has 7 aromatic rings. The molecule has 17 nitrogen and oxygen atoms in total. The largest absolute Gasteiger partial charge is 0.497 e. The van der Waals surface area contributed by atoms with Gasteiger partial charge in [-0.2, -0.15) is 15.2 Å². The van der Waals surface area contributed by atoms with Crippen molar-refractivity contribution in [2.45, 2.75) is 83.6 Å². The number of hydrogen-bond donors (Lipinski definition) is 0. The van der Waals surface area contributed by atoms with Crippen molar-refractivity contribution in [3.05, 3.63) is 163 Å². The molecule has 8 rings (SSSR count). The number of aromatic nitrogens is 4. The number of nitriles is 1. The summed E-state index contributed by atoms with van der Waals surface area (Å²) in [5.74, 6) is 2.20. The second kappa shape index (κ2) is 24.8. The summed E-state index contributed by atoms with van der Waals surface area (Å²) < 4.78 is 49.6. The molecule has 1 saturated heterocycles. The van der Waals surface area contributed by atoms with Gasteiger partial charge >= 0.3 is 12.1 Å². The van der Waals surface area contributed by atoms with Gasteiger partial charge in [-0.1, -0.05) is 91.0 Å². The minimum atomic E-state index is -1.74. The number of amidine groups is 1. The first-order valence-electron chi connectivity index (χ1n) is 24.8. The van der Waals surface area contributed by atoms with E-state index in [1.165, 1.54) is 4.90 Å². The van der Waals surface area contributed by atoms with Crippen LogP contribution in [0.5, 0.6) is 17.5 Å². The molecule has 390 valence electrons. The molecule has 5 aromatic carbocycles. The number of amides is 1. The number of carbonyl (C=O) groups is 1. The lowest BCUT2D eigenvalue weighted by molar-refractivity contribution is -0.0912. The maximum Gasteiger partial charge on any atom is 0.426 e. The summed E-state index contributed by atoms with van der Waals surface area (Å²) in [7, 11) is 5.28. The molecule has 1 aliphatic rings. The first-order chi connectivity index (χ1) is 36.3. The zero-order chi connectivity index (χ0) is 53.1. The van der Waals surface area contributed by atoms with Crippen LogP contribution in [0.1, 0.15) is 70.4 Å². The Bertz CT molecular complexity index is 2940. The maximum atomic E-state index is 14.4. The van der Waals surface area contributed by atoms with Gasteiger partial charge in [0.1, 0.15) is 35.3 Å². The lowest BCUT2D eigenvalue weighted by atomic mass is 9.80. The van der Waals surface area contributed by atoms with Crippen molar-refractivity contribution in [1.82, 2.24) is 29.1 Å². The van der Waals surface area contributed by atoms with Gasteiger partial charge < -0.3 is 37.6 Å². The minimum Gasteiger partial charge on any atom is -0.497 e. The number of hydrogen-bond acceptors (Lipinski definition) is 14. The highest BCUT2D eigenvalue weighted by molar-refractivity contribution is 7.44. The van der Waals surface area contributed by atoms with Gasteiger partial charge in [0, 0.05) is 32.6 Å². The number of aliphatic imine (C=N–C) groups is 1. The molecule has 0 spiro atoms. The second-order valence-electron chi connectivity index (χ2n) is 18.5. The number of rotatable bonds is 21. The Labute approximate surface area is 440 Å². The van der Waals surface area contributed by atoms with Crippen molar-refractivity contribution in [2.24, 2.45) is 4.99 Å². The van der Waals surface area contributed by atoms with Crippen LogP contribution < -0.4 is 19.1 Å². The summed E-state index contributed by atoms with van der Waals surface area (Å²) in [6.07, 6.45) is -0.748. The molecule has 0 bridgehead atoms. The van der Waals surface area contributed by atoms with Crippen LogP contribution in [0.15, 0.2) is 151 Å². The molecule has 75 heavy (non-hydrogen) atoms. The zero-order valence-corrected chi connectivity index (χ0v) is 44.7. The van der Waals surface area contributed by atoms with E-state index in [1.54, 1.807) is 25.1 Å². The lowest BCUT2D eigenvalue weighted by Crippen LogP contribution is -2.39. The van der Waals surface area contributed by atoms with Crippen molar-refractivity contribution >= 4 is 48.8 Å². The summed E-state index contributed by atoms with van der Waals surface area (Å²) in [6, 6.07) is 46.2. The normalized spacial score (nSPS) is 16.3. The standard InChI is InChI=1S/C57H64N9O8P/c1-39(2)66(40(3)4)75(71-35-19-34-58)74-49-36-51(72-50(49)37-70-57(42-20-13-10-14-21-42,43-26-30-47(68-8)31-27-43)44-28-32-48(69-9)33-29-44)64-38-59-52-53(60-41(5)63(6)7)61-55(62-54(52)64)73-56(67)65(45-22-15-11-16-23-45)46-24-17-12-18-25-46/h10-18,20-33,38-40,49-51H,19,35-37H2,1-9H3/b60-41+/t49-,50+,51+,75?/m0/s1. The molecule has 18 heteroatoms. The van der Waals surface area contributed by atoms with E-state index >= 15 is 0 Å². The van der Waals surface area contributed by atoms with E-state index in [9.17, 15) is 10.1 Å². The average Bonchev–Trinajstić information content (AvgIpc) is 4.04. The number of carbonyl (C=O) groups excluding carboxylic acids is 1. The van der Waals surface area contributed by atoms with Crippen LogP contribution in [0.4, 0.5) is 22.0 Å². The third-order valence-electron chi connectivity index (χ3n) is 12.7. The first-order valence-corrected chi connectivity index (χ1v) is 26.0. The summed E-state index contributed by atoms with van der Waals surface area (Å²) in [5.41, 5.74) is 3.22. The molecular weight excluding hydrogens is 970 g/mol. The highest BCUT2D eigenvalue weighted by Crippen LogP contribution is 2.51. The predicted octanol–water partition coefficient (Wildman–Crippen LogP) is 11.7. The van der Waals surface area contributed by atoms with Crippen molar-refractivity contribution in [2.75, 3.05) is 46.4 Å². The fourth-order valence-electron chi connectivity index (χ4n) is 8.93. The number of ether oxygens (including phenoxy) is 5. The Morgan fingerprint density at radius 1 is 0.813 bits per heavy atom. The number of fused-ring (bicyclic) bond motifs is 1. The number of methoxy groups -OCH3 is 2. The van der Waals surface area contributed by atoms with Crippen LogP contribution in [0.3, 0.4) is 0 Å². The molecule has 3 heterocycles. The quantitative estimate of drug-likeness (QED) is 0.0219. The molecule has 0 saturated carbocycles. The smallest absolute Gasteiger partial charge is 0.426 e. The van der Waals surface area contributed by atoms with Crippen LogP contribution in [0, 0.1) is 11.3 Å². The highest BCUT2D eigenvalue weighted by Gasteiger charge is 2.45. The van der Waals surface area contributed by atoms with Gasteiger partial charge in [-0.05, 0) is 99.8 Å². The molecule has 0 aliphatic carbocycles. The van der Waals surface area contributed by atoms with Crippen LogP contribution in [0.2, 0.25) is 0 Å². The SMILES string of the molecule is COc1ccc(C(OC[C@H]2O[C@@H](n3cnc4c(/N=C(\C)N(C)C)nc(OC(=O)N(c5ccccc5)c5ccccc5)nc43)C[C@@H]2OP(OCCC#N)N(C(C)C)C(C)C)(c2ccccc2)c2ccc(OC)cc2)cc1. The van der Waals surface area contributed by atoms with E-state index in [0.717, 1.165) is 16.7 Å². The van der Waals surface area contributed by atoms with Gasteiger partial charge in [0.25, 0.3) is 8.53 Å². The van der Waals surface area contributed by atoms with Gasteiger partial charge in [-0.15, -0.1) is 0 Å². The summed E-state index contributed by atoms with van der Waals surface area (Å²) in [6.45, 7) is 10.4. The van der Waals surface area contributed by atoms with Crippen molar-refractivity contribution in [1.29, 1.82) is 5.26 Å². The number of imidazole rings is 1. The molecule has 0 N–H and O–H groups in total. The Morgan fingerprint density at radius 2 is 1.36 bits per heavy atom. The maximum absolute atomic E-state index is 14.4. The summed E-state index contributed by atoms with van der Waals surface area (Å²) in [4.78, 5) is 36.9. The monoisotopic (exact) mass is 1030 g/mol. The molecule has 2 aromatic heterocycles. The number of anilines is 2. The van der Waals surface area contributed by atoms with E-state index in [0.29, 0.717) is 39.9 Å². The molecule has 1 fully saturated rings. The Hall–Kier alpha value is -7.29. The third-order valence-corrected chi connectivity index (χ3v) is 14.9. The van der Waals surface area contributed by atoms with Gasteiger partial charge in [-0.3, -0.25) is 4.57 Å². The zero-order valence-electron chi connectivity index (χ0n) is 43.8. The Kier molecular flexibility index (Phi) is 17.9. The molecular formula is C57H64N9O8P. The molecule has 1 amide bonds. The van der Waals surface area contributed by atoms with Crippen molar-refractivity contribution in [3.63, 3.8) is 0 Å². The van der Waals surface area contributed by atoms with E-state index in [-0.39, 0.29) is 50.0 Å². The van der Waals surface area contributed by atoms with Crippen LogP contribution in [-0.2, 0) is 24.1 Å². The summed E-state index contributed by atoms with van der Waals surface area (Å²) in [5, 5.41) is 9.58. The van der Waals surface area contributed by atoms with E-state index in [4.69, 9.17) is 47.7 Å². The molecule has 1 unspecified atom stereocenters. The first kappa shape index (κ1) is 54.0. The highest BCUT2D eigenvalue weighted by atomic mass is 31.2. The van der Waals surface area contributed by atoms with Gasteiger partial charge in [0.05, 0.1) is 63.7 Å². The molecule has 4 atom stereocenters. The molecule has 0 radical (unpaired) electrons. The third kappa shape index (κ3) is 12.3. The Balaban J connectivity index is 1.23. The van der Waals surface area contributed by atoms with Gasteiger partial charge in [0.15, 0.2) is 17.0 Å². The fraction of sp³-hybridized carbons (Fsp3) is 0.333. The minimum absolute atomic E-state index is 0.0235. The summed E-state index contributed by atoms with van der Waals surface area (Å²) >= 11 is 0. The van der Waals surface area contributed by atoms with Gasteiger partial charge in [-0.25, -0.2) is 24.3 Å². The van der Waals surface area contributed by atoms with Crippen molar-refractivity contribution in [3.8, 4) is 23.6 Å². The number of benzene rings is 5. The van der Waals surface area contributed by atoms with Crippen LogP contribution in [-0.4, -0.2) is 107 Å². The lowest BCUT2D eigenvalue weighted by Gasteiger charge is -2.39. The van der Waals surface area contributed by atoms with Gasteiger partial charge in [0.2, 0.25) is 0 Å². The molecule has 1 aliphatic heterocycles. The fourth-order valence-corrected chi connectivity index (χ4v) is 10.7. The average molecular weight is 1030 g/mol. The van der Waals surface area contributed by atoms with Crippen LogP contribution >= 0.6 is 8.53 Å². The topological polar surface area (TPSA) is 171 Å². The number of nitrogens with zero attached hydrogens (tertiary/aromatic N) is 9. The van der Waals surface area contributed by atoms with Crippen LogP contribution in [0.25, 0.3) is 11.2 Å². The van der Waals surface area contributed by atoms with E-state index in [1.807, 2.05) is 165 Å². The predicted molar refractivity (Wildman–Crippen MR) is 290 cm³/mol. The Morgan fingerprint density at radius 3 is 1.88 bits per heavy atom. The number of para-hydroxylation sites is 2. The van der Waals surface area contributed by atoms with E-state index < -0.39 is 38.7 Å². The van der Waals surface area contributed by atoms with E-state index in [2.05, 4.69) is 43.4 Å². The van der Waals surface area contributed by atoms with Crippen molar-refractivity contribution < 1.29 is 37.5 Å².